The third-order valence-corrected chi connectivity index (χ3v) is 11.8. The first-order chi connectivity index (χ1) is 30.0. The van der Waals surface area contributed by atoms with Crippen molar-refractivity contribution < 1.29 is 42.1 Å². The van der Waals surface area contributed by atoms with Crippen molar-refractivity contribution in [2.75, 3.05) is 47.5 Å². The number of rotatable bonds is 46. The van der Waals surface area contributed by atoms with E-state index in [1.54, 1.807) is 0 Å². The third-order valence-electron chi connectivity index (χ3n) is 10.8. The number of phosphoric acid groups is 1. The van der Waals surface area contributed by atoms with Crippen molar-refractivity contribution >= 4 is 19.8 Å². The summed E-state index contributed by atoms with van der Waals surface area (Å²) in [5.41, 5.74) is 0. The van der Waals surface area contributed by atoms with Gasteiger partial charge in [-0.15, -0.1) is 0 Å². The number of esters is 2. The lowest BCUT2D eigenvalue weighted by Gasteiger charge is -2.28. The molecule has 2 atom stereocenters. The van der Waals surface area contributed by atoms with Gasteiger partial charge in [0.15, 0.2) is 6.10 Å². The monoisotopic (exact) mass is 894 g/mol. The van der Waals surface area contributed by atoms with Crippen LogP contribution in [0.3, 0.4) is 0 Å². The summed E-state index contributed by atoms with van der Waals surface area (Å²) in [6, 6.07) is 0. The number of carbonyl (C=O) groups is 2. The van der Waals surface area contributed by atoms with E-state index in [0.717, 1.165) is 57.8 Å². The molecule has 0 aromatic rings. The second-order valence-corrected chi connectivity index (χ2v) is 19.6. The number of phosphoric ester groups is 1. The lowest BCUT2D eigenvalue weighted by Crippen LogP contribution is -2.37. The Labute approximate surface area is 382 Å². The van der Waals surface area contributed by atoms with E-state index in [0.29, 0.717) is 17.4 Å². The third kappa shape index (κ3) is 47.4. The Morgan fingerprint density at radius 1 is 0.516 bits per heavy atom. The van der Waals surface area contributed by atoms with Crippen molar-refractivity contribution in [3.63, 3.8) is 0 Å². The van der Waals surface area contributed by atoms with E-state index in [-0.39, 0.29) is 26.1 Å². The Bertz CT molecular complexity index is 1190. The van der Waals surface area contributed by atoms with E-state index in [4.69, 9.17) is 18.5 Å². The number of hydrogen-bond acceptors (Lipinski definition) is 8. The molecule has 0 aliphatic heterocycles. The highest BCUT2D eigenvalue weighted by atomic mass is 31.2. The summed E-state index contributed by atoms with van der Waals surface area (Å²) in [6.07, 6.45) is 53.0. The highest BCUT2D eigenvalue weighted by Crippen LogP contribution is 2.38. The minimum atomic E-state index is -4.64. The number of hydrogen-bond donors (Lipinski definition) is 0. The van der Waals surface area contributed by atoms with Gasteiger partial charge < -0.3 is 27.9 Å². The smallest absolute Gasteiger partial charge is 0.306 e. The van der Waals surface area contributed by atoms with Gasteiger partial charge in [0.25, 0.3) is 7.82 Å². The van der Waals surface area contributed by atoms with Gasteiger partial charge in [-0.2, -0.15) is 0 Å². The molecule has 9 nitrogen and oxygen atoms in total. The average Bonchev–Trinajstić information content (AvgIpc) is 3.23. The van der Waals surface area contributed by atoms with Crippen LogP contribution in [0.15, 0.2) is 48.6 Å². The highest BCUT2D eigenvalue weighted by Gasteiger charge is 2.21. The zero-order chi connectivity index (χ0) is 45.7. The topological polar surface area (TPSA) is 111 Å². The summed E-state index contributed by atoms with van der Waals surface area (Å²) >= 11 is 0. The standard InChI is InChI=1S/C52H96NO8P/c1-6-8-10-12-14-16-18-20-21-22-23-24-25-26-27-28-29-30-31-33-34-36-38-40-42-44-51(54)58-48-50(49-60-62(56,57)59-47-46-53(3,4)5)61-52(55)45-43-41-39-37-35-32-19-17-15-13-11-9-7-2/h9,11,15,17,22-23,32,35,50H,6-8,10,12-14,16,18-21,24-31,33-34,36-49H2,1-5H3/b11-9-,17-15-,23-22-,35-32-. The van der Waals surface area contributed by atoms with Gasteiger partial charge in [-0.05, 0) is 70.6 Å². The summed E-state index contributed by atoms with van der Waals surface area (Å²) < 4.78 is 33.9. The van der Waals surface area contributed by atoms with Crippen molar-refractivity contribution in [2.24, 2.45) is 0 Å². The Balaban J connectivity index is 4.16. The molecule has 0 bridgehead atoms. The van der Waals surface area contributed by atoms with E-state index in [1.807, 2.05) is 21.1 Å². The molecule has 2 unspecified atom stereocenters. The van der Waals surface area contributed by atoms with E-state index in [9.17, 15) is 19.0 Å². The van der Waals surface area contributed by atoms with Crippen LogP contribution in [0.4, 0.5) is 0 Å². The largest absolute Gasteiger partial charge is 0.756 e. The molecule has 0 saturated carbocycles. The van der Waals surface area contributed by atoms with Gasteiger partial charge in [-0.3, -0.25) is 14.2 Å². The van der Waals surface area contributed by atoms with Crippen LogP contribution in [-0.4, -0.2) is 70.0 Å². The molecule has 0 fully saturated rings. The molecule has 0 aliphatic rings. The molecule has 0 N–H and O–H groups in total. The van der Waals surface area contributed by atoms with E-state index >= 15 is 0 Å². The first-order valence-electron chi connectivity index (χ1n) is 25.3. The molecule has 0 spiro atoms. The lowest BCUT2D eigenvalue weighted by atomic mass is 10.0. The van der Waals surface area contributed by atoms with Crippen LogP contribution in [-0.2, 0) is 32.7 Å². The van der Waals surface area contributed by atoms with Crippen LogP contribution in [0.1, 0.15) is 219 Å². The maximum Gasteiger partial charge on any atom is 0.306 e. The first-order valence-corrected chi connectivity index (χ1v) is 26.8. The lowest BCUT2D eigenvalue weighted by molar-refractivity contribution is -0.870. The number of nitrogens with zero attached hydrogens (tertiary/aromatic N) is 1. The second kappa shape index (κ2) is 44.2. The van der Waals surface area contributed by atoms with E-state index in [1.165, 1.54) is 128 Å². The zero-order valence-corrected chi connectivity index (χ0v) is 41.7. The minimum Gasteiger partial charge on any atom is -0.756 e. The van der Waals surface area contributed by atoms with Crippen molar-refractivity contribution in [3.05, 3.63) is 48.6 Å². The van der Waals surface area contributed by atoms with Gasteiger partial charge >= 0.3 is 11.9 Å². The first kappa shape index (κ1) is 60.0. The molecule has 10 heteroatoms. The maximum atomic E-state index is 12.7. The Kier molecular flexibility index (Phi) is 42.7. The number of carbonyl (C=O) groups excluding carboxylic acids is 2. The predicted octanol–water partition coefficient (Wildman–Crippen LogP) is 14.4. The number of allylic oxidation sites excluding steroid dienone is 8. The van der Waals surface area contributed by atoms with Gasteiger partial charge in [-0.1, -0.05) is 184 Å². The number of unbranched alkanes of at least 4 members (excludes halogenated alkanes) is 24. The molecular formula is C52H96NO8P. The molecule has 0 aromatic heterocycles. The van der Waals surface area contributed by atoms with Crippen molar-refractivity contribution in [1.82, 2.24) is 0 Å². The Morgan fingerprint density at radius 3 is 1.40 bits per heavy atom. The summed E-state index contributed by atoms with van der Waals surface area (Å²) in [7, 11) is 1.14. The predicted molar refractivity (Wildman–Crippen MR) is 259 cm³/mol. The number of ether oxygens (including phenoxy) is 2. The highest BCUT2D eigenvalue weighted by molar-refractivity contribution is 7.45. The SMILES string of the molecule is CC/C=C\C/C=C\C/C=C\CCCCCC(=O)OC(COC(=O)CCCCCCCCCCCCCCC/C=C\CCCCCCCCCC)COP(=O)([O-])OCC[N+](C)(C)C. The molecule has 362 valence electrons. The maximum absolute atomic E-state index is 12.7. The van der Waals surface area contributed by atoms with Gasteiger partial charge in [0.05, 0.1) is 27.7 Å². The zero-order valence-electron chi connectivity index (χ0n) is 40.8. The number of likely N-dealkylation sites (N-methyl/N-ethyl adjacent to an activating group) is 1. The molecule has 0 aromatic carbocycles. The van der Waals surface area contributed by atoms with Crippen LogP contribution in [0.2, 0.25) is 0 Å². The molecular weight excluding hydrogens is 798 g/mol. The van der Waals surface area contributed by atoms with Gasteiger partial charge in [0, 0.05) is 12.8 Å². The molecule has 0 heterocycles. The van der Waals surface area contributed by atoms with E-state index in [2.05, 4.69) is 62.5 Å². The van der Waals surface area contributed by atoms with Crippen LogP contribution in [0.25, 0.3) is 0 Å². The van der Waals surface area contributed by atoms with Crippen molar-refractivity contribution in [1.29, 1.82) is 0 Å². The summed E-state index contributed by atoms with van der Waals surface area (Å²) in [4.78, 5) is 37.6. The molecule has 62 heavy (non-hydrogen) atoms. The molecule has 0 rings (SSSR count). The molecule has 0 saturated heterocycles. The van der Waals surface area contributed by atoms with Crippen molar-refractivity contribution in [3.8, 4) is 0 Å². The van der Waals surface area contributed by atoms with Gasteiger partial charge in [0.2, 0.25) is 0 Å². The van der Waals surface area contributed by atoms with E-state index < -0.39 is 32.5 Å². The summed E-state index contributed by atoms with van der Waals surface area (Å²) in [5.74, 6) is -0.866. The Hall–Kier alpha value is -2.03. The van der Waals surface area contributed by atoms with Gasteiger partial charge in [0.1, 0.15) is 19.8 Å². The molecule has 0 amide bonds. The molecule has 0 aliphatic carbocycles. The number of quaternary nitrogens is 1. The fraction of sp³-hybridized carbons (Fsp3) is 0.808. The second-order valence-electron chi connectivity index (χ2n) is 18.1. The normalized spacial score (nSPS) is 13.8. The Morgan fingerprint density at radius 2 is 0.919 bits per heavy atom. The van der Waals surface area contributed by atoms with Crippen LogP contribution in [0, 0.1) is 0 Å². The molecule has 0 radical (unpaired) electrons. The summed E-state index contributed by atoms with van der Waals surface area (Å²) in [5, 5.41) is 0. The van der Waals surface area contributed by atoms with Crippen LogP contribution >= 0.6 is 7.82 Å². The van der Waals surface area contributed by atoms with Crippen molar-refractivity contribution in [2.45, 2.75) is 225 Å². The minimum absolute atomic E-state index is 0.0374. The summed E-state index contributed by atoms with van der Waals surface area (Å²) in [6.45, 7) is 4.09. The van der Waals surface area contributed by atoms with Gasteiger partial charge in [-0.25, -0.2) is 0 Å². The quantitative estimate of drug-likeness (QED) is 0.0195. The average molecular weight is 894 g/mol. The van der Waals surface area contributed by atoms with Crippen LogP contribution < -0.4 is 4.89 Å². The fourth-order valence-corrected chi connectivity index (χ4v) is 7.63. The van der Waals surface area contributed by atoms with Crippen LogP contribution in [0.5, 0.6) is 0 Å². The fourth-order valence-electron chi connectivity index (χ4n) is 6.90.